The molecule has 2 fully saturated rings. The van der Waals surface area contributed by atoms with E-state index in [0.717, 1.165) is 35.5 Å². The highest BCUT2D eigenvalue weighted by Crippen LogP contribution is 2.37. The highest BCUT2D eigenvalue weighted by Gasteiger charge is 2.36. The number of tetrazole rings is 1. The molecule has 1 aromatic carbocycles. The topological polar surface area (TPSA) is 85.1 Å². The molecular formula is C18H25N5O2. The number of benzene rings is 1. The van der Waals surface area contributed by atoms with Gasteiger partial charge in [-0.2, -0.15) is 0 Å². The molecule has 2 heterocycles. The largest absolute Gasteiger partial charge is 0.388 e. The molecule has 0 bridgehead atoms. The predicted octanol–water partition coefficient (Wildman–Crippen LogP) is 2.33. The molecule has 1 aromatic heterocycles. The Morgan fingerprint density at radius 2 is 2.08 bits per heavy atom. The average Bonchev–Trinajstić information content (AvgIpc) is 3.34. The number of nitrogens with zero attached hydrogens (tertiary/aromatic N) is 4. The van der Waals surface area contributed by atoms with Crippen LogP contribution in [0.1, 0.15) is 44.2 Å². The van der Waals surface area contributed by atoms with Crippen LogP contribution in [0.2, 0.25) is 0 Å². The number of anilines is 1. The Balaban J connectivity index is 1.58. The summed E-state index contributed by atoms with van der Waals surface area (Å²) in [6.07, 6.45) is 3.59. The monoisotopic (exact) mass is 343 g/mol. The van der Waals surface area contributed by atoms with Gasteiger partial charge in [0.1, 0.15) is 0 Å². The molecule has 1 aliphatic heterocycles. The molecule has 1 saturated heterocycles. The molecule has 134 valence electrons. The van der Waals surface area contributed by atoms with Crippen LogP contribution in [0.25, 0.3) is 11.4 Å². The first-order chi connectivity index (χ1) is 12.1. The zero-order chi connectivity index (χ0) is 17.4. The minimum Gasteiger partial charge on any atom is -0.388 e. The number of aryl methyl sites for hydroxylation is 1. The summed E-state index contributed by atoms with van der Waals surface area (Å²) in [5, 5.41) is 26.6. The van der Waals surface area contributed by atoms with E-state index in [1.165, 1.54) is 0 Å². The molecule has 2 N–H and O–H groups in total. The van der Waals surface area contributed by atoms with Crippen LogP contribution in [-0.2, 0) is 4.74 Å². The Kier molecular flexibility index (Phi) is 4.21. The van der Waals surface area contributed by atoms with E-state index >= 15 is 0 Å². The standard InChI is InChI=1S/C18H25N5O2/c1-12-3-4-14(19-13(2)18(24)7-9-25-10-8-18)11-16(12)17-20-21-22-23(17)15-5-6-15/h3-4,11,13,15,19,24H,5-10H2,1-2H3. The molecule has 4 rings (SSSR count). The summed E-state index contributed by atoms with van der Waals surface area (Å²) in [6, 6.07) is 6.57. The van der Waals surface area contributed by atoms with Gasteiger partial charge in [-0.1, -0.05) is 6.07 Å². The molecule has 2 aromatic rings. The van der Waals surface area contributed by atoms with Gasteiger partial charge in [0.15, 0.2) is 5.82 Å². The van der Waals surface area contributed by atoms with Crippen molar-refractivity contribution >= 4 is 5.69 Å². The number of nitrogens with one attached hydrogen (secondary N) is 1. The summed E-state index contributed by atoms with van der Waals surface area (Å²) in [4.78, 5) is 0. The number of aliphatic hydroxyl groups is 1. The van der Waals surface area contributed by atoms with Crippen molar-refractivity contribution < 1.29 is 9.84 Å². The van der Waals surface area contributed by atoms with Crippen molar-refractivity contribution in [2.75, 3.05) is 18.5 Å². The Hall–Kier alpha value is -1.99. The third-order valence-electron chi connectivity index (χ3n) is 5.41. The van der Waals surface area contributed by atoms with Gasteiger partial charge in [-0.3, -0.25) is 0 Å². The molecule has 1 unspecified atom stereocenters. The van der Waals surface area contributed by atoms with Crippen LogP contribution in [0.3, 0.4) is 0 Å². The molecule has 0 radical (unpaired) electrons. The number of aromatic nitrogens is 4. The van der Waals surface area contributed by atoms with E-state index in [2.05, 4.69) is 39.9 Å². The quantitative estimate of drug-likeness (QED) is 0.867. The lowest BCUT2D eigenvalue weighted by atomic mass is 9.87. The van der Waals surface area contributed by atoms with E-state index < -0.39 is 5.60 Å². The van der Waals surface area contributed by atoms with Crippen LogP contribution in [-0.4, -0.2) is 50.2 Å². The fourth-order valence-corrected chi connectivity index (χ4v) is 3.43. The molecule has 1 atom stereocenters. The first kappa shape index (κ1) is 16.5. The van der Waals surface area contributed by atoms with Crippen LogP contribution in [0.4, 0.5) is 5.69 Å². The van der Waals surface area contributed by atoms with Crippen LogP contribution in [0.5, 0.6) is 0 Å². The van der Waals surface area contributed by atoms with Crippen molar-refractivity contribution in [3.8, 4) is 11.4 Å². The smallest absolute Gasteiger partial charge is 0.182 e. The van der Waals surface area contributed by atoms with Gasteiger partial charge < -0.3 is 15.2 Å². The van der Waals surface area contributed by atoms with Gasteiger partial charge in [0, 0.05) is 37.3 Å². The summed E-state index contributed by atoms with van der Waals surface area (Å²) in [5.41, 5.74) is 2.41. The van der Waals surface area contributed by atoms with Crippen molar-refractivity contribution in [1.29, 1.82) is 0 Å². The predicted molar refractivity (Wildman–Crippen MR) is 94.3 cm³/mol. The Labute approximate surface area is 147 Å². The number of ether oxygens (including phenoxy) is 1. The third-order valence-corrected chi connectivity index (χ3v) is 5.41. The molecular weight excluding hydrogens is 318 g/mol. The maximum atomic E-state index is 10.9. The maximum absolute atomic E-state index is 10.9. The third kappa shape index (κ3) is 3.26. The highest BCUT2D eigenvalue weighted by atomic mass is 16.5. The van der Waals surface area contributed by atoms with Crippen molar-refractivity contribution in [3.63, 3.8) is 0 Å². The summed E-state index contributed by atoms with van der Waals surface area (Å²) in [5.74, 6) is 0.820. The summed E-state index contributed by atoms with van der Waals surface area (Å²) in [6.45, 7) is 5.31. The van der Waals surface area contributed by atoms with Crippen molar-refractivity contribution in [2.45, 2.75) is 57.2 Å². The van der Waals surface area contributed by atoms with E-state index in [4.69, 9.17) is 4.74 Å². The SMILES string of the molecule is Cc1ccc(NC(C)C2(O)CCOCC2)cc1-c1nnnn1C1CC1. The van der Waals surface area contributed by atoms with Gasteiger partial charge >= 0.3 is 0 Å². The van der Waals surface area contributed by atoms with Gasteiger partial charge in [-0.15, -0.1) is 5.10 Å². The van der Waals surface area contributed by atoms with E-state index in [1.54, 1.807) is 0 Å². The second-order valence-corrected chi connectivity index (χ2v) is 7.29. The van der Waals surface area contributed by atoms with E-state index in [9.17, 15) is 5.11 Å². The molecule has 0 spiro atoms. The first-order valence-electron chi connectivity index (χ1n) is 9.02. The molecule has 7 nitrogen and oxygen atoms in total. The Morgan fingerprint density at radius 1 is 1.32 bits per heavy atom. The van der Waals surface area contributed by atoms with Crippen LogP contribution in [0.15, 0.2) is 18.2 Å². The van der Waals surface area contributed by atoms with Gasteiger partial charge in [-0.25, -0.2) is 4.68 Å². The first-order valence-corrected chi connectivity index (χ1v) is 9.02. The average molecular weight is 343 g/mol. The maximum Gasteiger partial charge on any atom is 0.182 e. The van der Waals surface area contributed by atoms with E-state index in [0.29, 0.717) is 32.1 Å². The van der Waals surface area contributed by atoms with Gasteiger partial charge in [-0.05, 0) is 54.8 Å². The van der Waals surface area contributed by atoms with E-state index in [-0.39, 0.29) is 6.04 Å². The van der Waals surface area contributed by atoms with Crippen LogP contribution < -0.4 is 5.32 Å². The van der Waals surface area contributed by atoms with Crippen LogP contribution >= 0.6 is 0 Å². The molecule has 7 heteroatoms. The lowest BCUT2D eigenvalue weighted by Gasteiger charge is -2.38. The Morgan fingerprint density at radius 3 is 2.80 bits per heavy atom. The zero-order valence-corrected chi connectivity index (χ0v) is 14.8. The normalized spacial score (nSPS) is 21.1. The Bertz CT molecular complexity index is 750. The summed E-state index contributed by atoms with van der Waals surface area (Å²) < 4.78 is 7.31. The number of hydrogen-bond donors (Lipinski definition) is 2. The summed E-state index contributed by atoms with van der Waals surface area (Å²) >= 11 is 0. The van der Waals surface area contributed by atoms with Gasteiger partial charge in [0.2, 0.25) is 0 Å². The fourth-order valence-electron chi connectivity index (χ4n) is 3.43. The van der Waals surface area contributed by atoms with Crippen molar-refractivity contribution in [1.82, 2.24) is 20.2 Å². The zero-order valence-electron chi connectivity index (χ0n) is 14.8. The number of hydrogen-bond acceptors (Lipinski definition) is 6. The lowest BCUT2D eigenvalue weighted by Crippen LogP contribution is -2.49. The van der Waals surface area contributed by atoms with Crippen molar-refractivity contribution in [2.24, 2.45) is 0 Å². The van der Waals surface area contributed by atoms with Gasteiger partial charge in [0.25, 0.3) is 0 Å². The van der Waals surface area contributed by atoms with E-state index in [1.807, 2.05) is 17.7 Å². The minimum absolute atomic E-state index is 0.0635. The lowest BCUT2D eigenvalue weighted by molar-refractivity contribution is -0.0711. The molecule has 0 amide bonds. The molecule has 2 aliphatic rings. The van der Waals surface area contributed by atoms with Crippen LogP contribution in [0, 0.1) is 6.92 Å². The highest BCUT2D eigenvalue weighted by molar-refractivity contribution is 5.66. The molecule has 1 saturated carbocycles. The minimum atomic E-state index is -0.737. The molecule has 25 heavy (non-hydrogen) atoms. The summed E-state index contributed by atoms with van der Waals surface area (Å²) in [7, 11) is 0. The second kappa shape index (κ2) is 6.38. The molecule has 1 aliphatic carbocycles. The number of rotatable bonds is 5. The fraction of sp³-hybridized carbons (Fsp3) is 0.611. The van der Waals surface area contributed by atoms with Gasteiger partial charge in [0.05, 0.1) is 17.7 Å². The van der Waals surface area contributed by atoms with Crippen molar-refractivity contribution in [3.05, 3.63) is 23.8 Å². The second-order valence-electron chi connectivity index (χ2n) is 7.29.